The molecule has 4 rings (SSSR count). The van der Waals surface area contributed by atoms with Crippen LogP contribution in [0.25, 0.3) is 20.4 Å². The minimum absolute atomic E-state index is 0.0214. The Morgan fingerprint density at radius 2 is 1.50 bits per heavy atom. The lowest BCUT2D eigenvalue weighted by molar-refractivity contribution is -0.635. The van der Waals surface area contributed by atoms with Crippen LogP contribution in [0.15, 0.2) is 56.4 Å². The number of hydrogen-bond acceptors (Lipinski definition) is 11. The number of benzene rings is 2. The van der Waals surface area contributed by atoms with Gasteiger partial charge in [-0.1, -0.05) is 19.9 Å². The largest absolute Gasteiger partial charge is 0.407 e. The summed E-state index contributed by atoms with van der Waals surface area (Å²) in [7, 11) is -7.81. The molecular formula is C14H13N6O6S4+3. The van der Waals surface area contributed by atoms with Gasteiger partial charge in [-0.15, -0.1) is 0 Å². The molecule has 0 bridgehead atoms. The third-order valence-corrected chi connectivity index (χ3v) is 7.98. The molecule has 0 spiro atoms. The summed E-state index contributed by atoms with van der Waals surface area (Å²) in [6.07, 6.45) is 0. The zero-order valence-electron chi connectivity index (χ0n) is 14.8. The fourth-order valence-corrected chi connectivity index (χ4v) is 5.56. The molecule has 16 heteroatoms. The summed E-state index contributed by atoms with van der Waals surface area (Å²) in [6.45, 7) is 0. The van der Waals surface area contributed by atoms with E-state index in [9.17, 15) is 16.8 Å². The SMILES string of the molecule is [NH3+]OS(=O)(=O)c1ccc2nc(N=Nc3[nH+]c4ccc(S(=O)(=O)O[NH3+])cc4s3)sc2c1. The van der Waals surface area contributed by atoms with Crippen molar-refractivity contribution in [3.8, 4) is 0 Å². The van der Waals surface area contributed by atoms with Gasteiger partial charge in [0.05, 0.1) is 20.0 Å². The maximum atomic E-state index is 11.8. The van der Waals surface area contributed by atoms with Gasteiger partial charge in [0.15, 0.2) is 0 Å². The first-order valence-corrected chi connectivity index (χ1v) is 12.3. The average Bonchev–Trinajstić information content (AvgIpc) is 3.34. The van der Waals surface area contributed by atoms with Crippen molar-refractivity contribution in [3.05, 3.63) is 36.4 Å². The smallest absolute Gasteiger partial charge is 0.225 e. The Hall–Kier alpha value is -2.44. The van der Waals surface area contributed by atoms with Crippen molar-refractivity contribution in [1.29, 1.82) is 0 Å². The Bertz CT molecular complexity index is 1390. The predicted octanol–water partition coefficient (Wildman–Crippen LogP) is 0.465. The molecule has 0 radical (unpaired) electrons. The molecule has 0 fully saturated rings. The van der Waals surface area contributed by atoms with Crippen LogP contribution in [-0.4, -0.2) is 21.8 Å². The van der Waals surface area contributed by atoms with Crippen molar-refractivity contribution in [2.45, 2.75) is 9.79 Å². The second kappa shape index (κ2) is 7.67. The number of H-pyrrole nitrogens is 1. The Morgan fingerprint density at radius 1 is 0.867 bits per heavy atom. The quantitative estimate of drug-likeness (QED) is 0.290. The van der Waals surface area contributed by atoms with Crippen LogP contribution in [0, 0.1) is 0 Å². The van der Waals surface area contributed by atoms with Gasteiger partial charge in [0.1, 0.15) is 15.3 Å². The number of nitrogens with one attached hydrogen (secondary N) is 1. The van der Waals surface area contributed by atoms with E-state index < -0.39 is 20.2 Å². The van der Waals surface area contributed by atoms with Crippen LogP contribution >= 0.6 is 22.7 Å². The first kappa shape index (κ1) is 20.8. The number of hydrogen-bond donors (Lipinski definition) is 2. The van der Waals surface area contributed by atoms with Gasteiger partial charge in [0.2, 0.25) is 0 Å². The summed E-state index contributed by atoms with van der Waals surface area (Å²) < 4.78 is 56.8. The number of fused-ring (bicyclic) bond motifs is 2. The van der Waals surface area contributed by atoms with Crippen molar-refractivity contribution in [2.24, 2.45) is 10.2 Å². The second-order valence-corrected chi connectivity index (χ2v) is 10.9. The van der Waals surface area contributed by atoms with Gasteiger partial charge in [0.25, 0.3) is 5.13 Å². The van der Waals surface area contributed by atoms with E-state index in [1.807, 2.05) is 0 Å². The number of aromatic amines is 1. The van der Waals surface area contributed by atoms with Gasteiger partial charge in [0, 0.05) is 0 Å². The summed E-state index contributed by atoms with van der Waals surface area (Å²) in [5.41, 5.74) is 1.23. The van der Waals surface area contributed by atoms with Crippen LogP contribution in [-0.2, 0) is 28.8 Å². The Labute approximate surface area is 177 Å². The van der Waals surface area contributed by atoms with Gasteiger partial charge in [-0.05, 0) is 52.8 Å². The van der Waals surface area contributed by atoms with E-state index in [0.29, 0.717) is 30.7 Å². The molecule has 12 nitrogen and oxygen atoms in total. The zero-order chi connectivity index (χ0) is 21.5. The second-order valence-electron chi connectivity index (χ2n) is 5.66. The zero-order valence-corrected chi connectivity index (χ0v) is 18.1. The lowest BCUT2D eigenvalue weighted by Crippen LogP contribution is -2.51. The molecule has 0 amide bonds. The van der Waals surface area contributed by atoms with E-state index in [-0.39, 0.29) is 9.79 Å². The van der Waals surface area contributed by atoms with Crippen molar-refractivity contribution in [1.82, 2.24) is 4.98 Å². The fourth-order valence-electron chi connectivity index (χ4n) is 2.45. The number of quaternary nitrogens is 2. The summed E-state index contributed by atoms with van der Waals surface area (Å²) >= 11 is 2.34. The van der Waals surface area contributed by atoms with Crippen molar-refractivity contribution in [2.75, 3.05) is 0 Å². The molecule has 0 saturated heterocycles. The maximum Gasteiger partial charge on any atom is 0.407 e. The first-order chi connectivity index (χ1) is 14.2. The summed E-state index contributed by atoms with van der Waals surface area (Å²) in [4.78, 5) is 7.24. The molecule has 0 aliphatic carbocycles. The molecule has 0 aliphatic rings. The highest BCUT2D eigenvalue weighted by Crippen LogP contribution is 2.32. The van der Waals surface area contributed by atoms with E-state index in [4.69, 9.17) is 0 Å². The van der Waals surface area contributed by atoms with Crippen LogP contribution in [0.1, 0.15) is 0 Å². The molecular weight excluding hydrogens is 476 g/mol. The normalized spacial score (nSPS) is 13.0. The van der Waals surface area contributed by atoms with Gasteiger partial charge in [-0.25, -0.2) is 9.97 Å². The van der Waals surface area contributed by atoms with Gasteiger partial charge in [-0.2, -0.15) is 28.6 Å². The van der Waals surface area contributed by atoms with E-state index in [1.54, 1.807) is 6.07 Å². The number of nitrogens with zero attached hydrogens (tertiary/aromatic N) is 3. The molecule has 0 atom stereocenters. The van der Waals surface area contributed by atoms with Crippen molar-refractivity contribution in [3.63, 3.8) is 0 Å². The lowest BCUT2D eigenvalue weighted by atomic mass is 10.3. The van der Waals surface area contributed by atoms with Crippen molar-refractivity contribution >= 4 is 73.6 Å². The summed E-state index contributed by atoms with van der Waals surface area (Å²) in [5, 5.41) is 8.91. The third-order valence-electron chi connectivity index (χ3n) is 3.86. The molecule has 30 heavy (non-hydrogen) atoms. The molecule has 156 valence electrons. The molecule has 2 aromatic heterocycles. The lowest BCUT2D eigenvalue weighted by Gasteiger charge is -1.96. The topological polar surface area (TPSA) is 194 Å². The summed E-state index contributed by atoms with van der Waals surface area (Å²) in [5.74, 6) is 5.89. The first-order valence-electron chi connectivity index (χ1n) is 7.87. The van der Waals surface area contributed by atoms with Crippen LogP contribution in [0.2, 0.25) is 0 Å². The van der Waals surface area contributed by atoms with Crippen molar-refractivity contribution < 1.29 is 42.2 Å². The molecule has 2 aromatic carbocycles. The van der Waals surface area contributed by atoms with E-state index in [1.165, 1.54) is 41.7 Å². The number of azo groups is 1. The highest BCUT2D eigenvalue weighted by Gasteiger charge is 2.20. The van der Waals surface area contributed by atoms with Gasteiger partial charge in [-0.3, -0.25) is 0 Å². The van der Waals surface area contributed by atoms with Crippen LogP contribution in [0.4, 0.5) is 10.3 Å². The van der Waals surface area contributed by atoms with Gasteiger partial charge < -0.3 is 0 Å². The molecule has 0 unspecified atom stereocenters. The molecule has 7 N–H and O–H groups in total. The Balaban J connectivity index is 1.64. The summed E-state index contributed by atoms with van der Waals surface area (Å²) in [6, 6.07) is 8.74. The Kier molecular flexibility index (Phi) is 5.32. The molecule has 0 saturated carbocycles. The minimum Gasteiger partial charge on any atom is -0.225 e. The third kappa shape index (κ3) is 3.94. The maximum absolute atomic E-state index is 11.8. The Morgan fingerprint density at radius 3 is 2.17 bits per heavy atom. The van der Waals surface area contributed by atoms with E-state index >= 15 is 0 Å². The standard InChI is InChI=1S/C14H12N6O6S4/c15-25-29(21,22)7-1-3-9-11(5-7)27-13(17-9)19-20-14-18-10-4-2-8(6-12(10)28-14)30(23,24)26-16/h1-6H,15-16H3/q+2/p+1. The highest BCUT2D eigenvalue weighted by atomic mass is 32.2. The average molecular weight is 490 g/mol. The predicted molar refractivity (Wildman–Crippen MR) is 104 cm³/mol. The fraction of sp³-hybridized carbons (Fsp3) is 0. The number of aromatic nitrogens is 2. The monoisotopic (exact) mass is 489 g/mol. The van der Waals surface area contributed by atoms with Gasteiger partial charge >= 0.3 is 25.4 Å². The van der Waals surface area contributed by atoms with Crippen LogP contribution < -0.4 is 16.8 Å². The molecule has 4 aromatic rings. The molecule has 0 aliphatic heterocycles. The minimum atomic E-state index is -3.91. The number of rotatable bonds is 6. The highest BCUT2D eigenvalue weighted by molar-refractivity contribution is 7.86. The van der Waals surface area contributed by atoms with E-state index in [2.05, 4.69) is 40.6 Å². The van der Waals surface area contributed by atoms with Crippen LogP contribution in [0.3, 0.4) is 0 Å². The van der Waals surface area contributed by atoms with Crippen LogP contribution in [0.5, 0.6) is 0 Å². The molecule has 2 heterocycles. The number of thiazole rings is 2. The van der Waals surface area contributed by atoms with E-state index in [0.717, 1.165) is 11.3 Å².